The fourth-order valence-corrected chi connectivity index (χ4v) is 3.56. The summed E-state index contributed by atoms with van der Waals surface area (Å²) in [5.41, 5.74) is 0.290. The van der Waals surface area contributed by atoms with E-state index in [0.717, 1.165) is 69.2 Å². The van der Waals surface area contributed by atoms with Crippen LogP contribution in [-0.4, -0.2) is 56.3 Å². The van der Waals surface area contributed by atoms with Gasteiger partial charge in [-0.15, -0.1) is 24.0 Å². The molecule has 2 heterocycles. The highest BCUT2D eigenvalue weighted by atomic mass is 127. The van der Waals surface area contributed by atoms with Gasteiger partial charge >= 0.3 is 6.18 Å². The number of hydrogen-bond donors (Lipinski definition) is 2. The molecule has 2 aliphatic rings. The van der Waals surface area contributed by atoms with E-state index in [0.29, 0.717) is 6.54 Å². The van der Waals surface area contributed by atoms with Crippen LogP contribution in [0.2, 0.25) is 0 Å². The van der Waals surface area contributed by atoms with Gasteiger partial charge in [0, 0.05) is 45.9 Å². The zero-order valence-corrected chi connectivity index (χ0v) is 18.3. The normalized spacial score (nSPS) is 23.5. The fraction of sp³-hybridized carbons (Fsp3) is 0.632. The van der Waals surface area contributed by atoms with E-state index < -0.39 is 11.7 Å². The second kappa shape index (κ2) is 10.6. The summed E-state index contributed by atoms with van der Waals surface area (Å²) >= 11 is 0. The van der Waals surface area contributed by atoms with E-state index in [-0.39, 0.29) is 36.1 Å². The van der Waals surface area contributed by atoms with Crippen LogP contribution in [-0.2, 0) is 17.5 Å². The molecule has 2 saturated heterocycles. The third-order valence-corrected chi connectivity index (χ3v) is 5.05. The molecule has 1 aromatic carbocycles. The molecule has 158 valence electrons. The number of ether oxygens (including phenoxy) is 1. The van der Waals surface area contributed by atoms with E-state index in [4.69, 9.17) is 4.74 Å². The highest BCUT2D eigenvalue weighted by Crippen LogP contribution is 2.29. The number of halogens is 4. The third-order valence-electron chi connectivity index (χ3n) is 5.05. The zero-order valence-electron chi connectivity index (χ0n) is 16.0. The van der Waals surface area contributed by atoms with Gasteiger partial charge in [0.2, 0.25) is 0 Å². The van der Waals surface area contributed by atoms with Crippen molar-refractivity contribution in [2.45, 2.75) is 44.1 Å². The van der Waals surface area contributed by atoms with Crippen molar-refractivity contribution >= 4 is 29.9 Å². The lowest BCUT2D eigenvalue weighted by Crippen LogP contribution is -2.46. The summed E-state index contributed by atoms with van der Waals surface area (Å²) in [4.78, 5) is 6.51. The summed E-state index contributed by atoms with van der Waals surface area (Å²) in [7, 11) is 1.75. The molecule has 2 unspecified atom stereocenters. The van der Waals surface area contributed by atoms with Crippen LogP contribution in [0.15, 0.2) is 29.3 Å². The van der Waals surface area contributed by atoms with Gasteiger partial charge < -0.3 is 15.4 Å². The monoisotopic (exact) mass is 512 g/mol. The molecule has 9 heteroatoms. The van der Waals surface area contributed by atoms with Gasteiger partial charge in [-0.1, -0.05) is 12.1 Å². The Labute approximate surface area is 181 Å². The van der Waals surface area contributed by atoms with Gasteiger partial charge in [-0.2, -0.15) is 13.2 Å². The molecule has 0 bridgehead atoms. The number of nitrogens with one attached hydrogen (secondary N) is 2. The maximum Gasteiger partial charge on any atom is 0.416 e. The molecular weight excluding hydrogens is 484 g/mol. The standard InChI is InChI=1S/C19H27F3N4O.HI/c1-23-18(24-11-17-3-2-10-27-17)25-16-8-9-26(13-16)12-14-4-6-15(7-5-14)19(20,21)22;/h4-7,16-17H,2-3,8-13H2,1H3,(H2,23,24,25);1H. The second-order valence-corrected chi connectivity index (χ2v) is 7.15. The molecule has 0 amide bonds. The number of alkyl halides is 3. The first kappa shape index (κ1) is 23.2. The lowest BCUT2D eigenvalue weighted by molar-refractivity contribution is -0.137. The number of rotatable bonds is 5. The Balaban J connectivity index is 0.00000280. The van der Waals surface area contributed by atoms with Gasteiger partial charge in [0.15, 0.2) is 5.96 Å². The van der Waals surface area contributed by atoms with Crippen LogP contribution >= 0.6 is 24.0 Å². The Hall–Kier alpha value is -1.07. The van der Waals surface area contributed by atoms with Crippen LogP contribution in [0.1, 0.15) is 30.4 Å². The Morgan fingerprint density at radius 3 is 2.61 bits per heavy atom. The first-order valence-electron chi connectivity index (χ1n) is 9.41. The molecule has 1 aromatic rings. The number of likely N-dealkylation sites (tertiary alicyclic amines) is 1. The number of benzene rings is 1. The van der Waals surface area contributed by atoms with Gasteiger partial charge in [0.05, 0.1) is 11.7 Å². The molecule has 2 aliphatic heterocycles. The van der Waals surface area contributed by atoms with Gasteiger partial charge in [-0.05, 0) is 37.0 Å². The molecule has 2 atom stereocenters. The summed E-state index contributed by atoms with van der Waals surface area (Å²) < 4.78 is 43.6. The SMILES string of the molecule is CN=C(NCC1CCCO1)NC1CCN(Cc2ccc(C(F)(F)F)cc2)C1.I. The molecule has 0 spiro atoms. The summed E-state index contributed by atoms with van der Waals surface area (Å²) in [5.74, 6) is 0.770. The first-order valence-corrected chi connectivity index (χ1v) is 9.41. The number of aliphatic imine (C=N–C) groups is 1. The van der Waals surface area contributed by atoms with Gasteiger partial charge in [0.1, 0.15) is 0 Å². The molecule has 0 aliphatic carbocycles. The minimum Gasteiger partial charge on any atom is -0.376 e. The summed E-state index contributed by atoms with van der Waals surface area (Å²) in [6.45, 7) is 3.98. The topological polar surface area (TPSA) is 48.9 Å². The maximum absolute atomic E-state index is 12.6. The largest absolute Gasteiger partial charge is 0.416 e. The van der Waals surface area contributed by atoms with Crippen molar-refractivity contribution in [1.29, 1.82) is 0 Å². The Bertz CT molecular complexity index is 633. The van der Waals surface area contributed by atoms with E-state index >= 15 is 0 Å². The lowest BCUT2D eigenvalue weighted by atomic mass is 10.1. The van der Waals surface area contributed by atoms with Crippen LogP contribution < -0.4 is 10.6 Å². The average Bonchev–Trinajstić information content (AvgIpc) is 3.30. The molecule has 2 fully saturated rings. The summed E-state index contributed by atoms with van der Waals surface area (Å²) in [5, 5.41) is 6.74. The van der Waals surface area contributed by atoms with Crippen LogP contribution in [0, 0.1) is 0 Å². The molecule has 28 heavy (non-hydrogen) atoms. The van der Waals surface area contributed by atoms with Gasteiger partial charge in [0.25, 0.3) is 0 Å². The second-order valence-electron chi connectivity index (χ2n) is 7.15. The van der Waals surface area contributed by atoms with Gasteiger partial charge in [-0.3, -0.25) is 9.89 Å². The van der Waals surface area contributed by atoms with Crippen molar-refractivity contribution < 1.29 is 17.9 Å². The van der Waals surface area contributed by atoms with E-state index in [1.165, 1.54) is 0 Å². The summed E-state index contributed by atoms with van der Waals surface area (Å²) in [6.07, 6.45) is -0.869. The van der Waals surface area contributed by atoms with E-state index in [1.807, 2.05) is 0 Å². The number of nitrogens with zero attached hydrogens (tertiary/aromatic N) is 2. The number of guanidine groups is 1. The van der Waals surface area contributed by atoms with Crippen molar-refractivity contribution in [3.05, 3.63) is 35.4 Å². The highest BCUT2D eigenvalue weighted by Gasteiger charge is 2.30. The highest BCUT2D eigenvalue weighted by molar-refractivity contribution is 14.0. The molecule has 0 radical (unpaired) electrons. The van der Waals surface area contributed by atoms with E-state index in [9.17, 15) is 13.2 Å². The predicted octanol–water partition coefficient (Wildman–Crippen LogP) is 3.24. The summed E-state index contributed by atoms with van der Waals surface area (Å²) in [6, 6.07) is 5.70. The molecule has 2 N–H and O–H groups in total. The quantitative estimate of drug-likeness (QED) is 0.362. The van der Waals surface area contributed by atoms with Crippen molar-refractivity contribution in [2.24, 2.45) is 4.99 Å². The average molecular weight is 512 g/mol. The first-order chi connectivity index (χ1) is 12.9. The predicted molar refractivity (Wildman–Crippen MR) is 114 cm³/mol. The minimum atomic E-state index is -4.28. The lowest BCUT2D eigenvalue weighted by Gasteiger charge is -2.20. The van der Waals surface area contributed by atoms with Crippen molar-refractivity contribution in [3.8, 4) is 0 Å². The van der Waals surface area contributed by atoms with Crippen LogP contribution in [0.5, 0.6) is 0 Å². The Morgan fingerprint density at radius 1 is 1.25 bits per heavy atom. The van der Waals surface area contributed by atoms with Crippen LogP contribution in [0.4, 0.5) is 13.2 Å². The Kier molecular flexibility index (Phi) is 8.81. The minimum absolute atomic E-state index is 0. The fourth-order valence-electron chi connectivity index (χ4n) is 3.56. The van der Waals surface area contributed by atoms with Crippen LogP contribution in [0.25, 0.3) is 0 Å². The molecular formula is C19H28F3IN4O. The maximum atomic E-state index is 12.6. The van der Waals surface area contributed by atoms with Gasteiger partial charge in [-0.25, -0.2) is 0 Å². The Morgan fingerprint density at radius 2 is 2.00 bits per heavy atom. The third kappa shape index (κ3) is 6.77. The number of hydrogen-bond acceptors (Lipinski definition) is 3. The molecule has 3 rings (SSSR count). The van der Waals surface area contributed by atoms with E-state index in [1.54, 1.807) is 19.2 Å². The molecule has 0 saturated carbocycles. The molecule has 0 aromatic heterocycles. The van der Waals surface area contributed by atoms with Crippen molar-refractivity contribution in [1.82, 2.24) is 15.5 Å². The smallest absolute Gasteiger partial charge is 0.376 e. The van der Waals surface area contributed by atoms with Crippen molar-refractivity contribution in [3.63, 3.8) is 0 Å². The van der Waals surface area contributed by atoms with Crippen LogP contribution in [0.3, 0.4) is 0 Å². The van der Waals surface area contributed by atoms with E-state index in [2.05, 4.69) is 20.5 Å². The molecule has 5 nitrogen and oxygen atoms in total. The van der Waals surface area contributed by atoms with Crippen molar-refractivity contribution in [2.75, 3.05) is 33.3 Å². The zero-order chi connectivity index (χ0) is 19.3.